The molecule has 2 heterocycles. The summed E-state index contributed by atoms with van der Waals surface area (Å²) < 4.78 is 1.15. The zero-order valence-electron chi connectivity index (χ0n) is 12.6. The van der Waals surface area contributed by atoms with Gasteiger partial charge in [0.15, 0.2) is 0 Å². The molecular weight excluding hydrogens is 391 g/mol. The maximum absolute atomic E-state index is 12.4. The lowest BCUT2D eigenvalue weighted by atomic mass is 10.2. The summed E-state index contributed by atoms with van der Waals surface area (Å²) in [4.78, 5) is 25.3. The molecule has 0 N–H and O–H groups in total. The number of hydrogen-bond acceptors (Lipinski definition) is 4. The Kier molecular flexibility index (Phi) is 4.75. The van der Waals surface area contributed by atoms with E-state index in [1.165, 1.54) is 0 Å². The van der Waals surface area contributed by atoms with Crippen LogP contribution >= 0.6 is 22.6 Å². The lowest BCUT2D eigenvalue weighted by molar-refractivity contribution is -0.129. The quantitative estimate of drug-likeness (QED) is 0.731. The molecule has 1 aliphatic heterocycles. The molecule has 1 fully saturated rings. The van der Waals surface area contributed by atoms with Crippen LogP contribution in [0.1, 0.15) is 19.8 Å². The monoisotopic (exact) mass is 410 g/mol. The van der Waals surface area contributed by atoms with Gasteiger partial charge in [0.2, 0.25) is 5.91 Å². The Morgan fingerprint density at radius 1 is 1.27 bits per heavy atom. The normalized spacial score (nSPS) is 16.2. The number of anilines is 1. The second kappa shape index (κ2) is 6.76. The number of hydrogen-bond donors (Lipinski definition) is 0. The molecule has 2 aromatic rings. The van der Waals surface area contributed by atoms with Gasteiger partial charge in [0.1, 0.15) is 12.1 Å². The Morgan fingerprint density at radius 2 is 2.14 bits per heavy atom. The lowest BCUT2D eigenvalue weighted by Crippen LogP contribution is -2.37. The maximum atomic E-state index is 12.4. The predicted octanol–water partition coefficient (Wildman–Crippen LogP) is 2.68. The van der Waals surface area contributed by atoms with Crippen LogP contribution in [0.5, 0.6) is 0 Å². The molecule has 3 rings (SSSR count). The fourth-order valence-electron chi connectivity index (χ4n) is 2.87. The van der Waals surface area contributed by atoms with E-state index in [-0.39, 0.29) is 5.91 Å². The first-order valence-electron chi connectivity index (χ1n) is 7.62. The van der Waals surface area contributed by atoms with E-state index < -0.39 is 0 Å². The van der Waals surface area contributed by atoms with Crippen molar-refractivity contribution in [1.82, 2.24) is 14.9 Å². The molecule has 1 aromatic carbocycles. The van der Waals surface area contributed by atoms with Gasteiger partial charge in [-0.3, -0.25) is 4.79 Å². The number of amides is 1. The summed E-state index contributed by atoms with van der Waals surface area (Å²) in [6.45, 7) is 5.04. The van der Waals surface area contributed by atoms with E-state index in [4.69, 9.17) is 0 Å². The van der Waals surface area contributed by atoms with Crippen molar-refractivity contribution in [3.05, 3.63) is 28.1 Å². The Balaban J connectivity index is 1.94. The molecule has 0 saturated carbocycles. The third-order valence-electron chi connectivity index (χ3n) is 3.90. The van der Waals surface area contributed by atoms with Gasteiger partial charge in [0, 0.05) is 28.6 Å². The first-order valence-corrected chi connectivity index (χ1v) is 8.70. The van der Waals surface area contributed by atoms with Gasteiger partial charge in [-0.25, -0.2) is 9.97 Å². The van der Waals surface area contributed by atoms with E-state index in [2.05, 4.69) is 50.4 Å². The van der Waals surface area contributed by atoms with Crippen LogP contribution in [0.4, 0.5) is 5.82 Å². The van der Waals surface area contributed by atoms with E-state index in [0.717, 1.165) is 52.8 Å². The van der Waals surface area contributed by atoms with Crippen molar-refractivity contribution < 1.29 is 4.79 Å². The van der Waals surface area contributed by atoms with Crippen LogP contribution in [0.2, 0.25) is 0 Å². The molecule has 1 aromatic heterocycles. The van der Waals surface area contributed by atoms with Crippen molar-refractivity contribution in [2.75, 3.05) is 31.1 Å². The largest absolute Gasteiger partial charge is 0.347 e. The average molecular weight is 410 g/mol. The third-order valence-corrected chi connectivity index (χ3v) is 4.58. The number of benzene rings is 1. The van der Waals surface area contributed by atoms with Crippen LogP contribution in [-0.2, 0) is 4.79 Å². The molecule has 0 unspecified atom stereocenters. The van der Waals surface area contributed by atoms with Gasteiger partial charge in [0.25, 0.3) is 0 Å². The summed E-state index contributed by atoms with van der Waals surface area (Å²) in [6, 6.07) is 6.13. The van der Waals surface area contributed by atoms with Gasteiger partial charge in [-0.2, -0.15) is 0 Å². The summed E-state index contributed by atoms with van der Waals surface area (Å²) >= 11 is 2.29. The molecule has 0 radical (unpaired) electrons. The van der Waals surface area contributed by atoms with Gasteiger partial charge in [-0.1, -0.05) is 6.92 Å². The highest BCUT2D eigenvalue weighted by Gasteiger charge is 2.23. The van der Waals surface area contributed by atoms with Crippen LogP contribution in [0.15, 0.2) is 24.5 Å². The molecule has 6 heteroatoms. The minimum absolute atomic E-state index is 0.191. The van der Waals surface area contributed by atoms with Crippen LogP contribution in [0.3, 0.4) is 0 Å². The fourth-order valence-corrected chi connectivity index (χ4v) is 3.37. The number of rotatable bonds is 3. The van der Waals surface area contributed by atoms with Gasteiger partial charge < -0.3 is 9.80 Å². The van der Waals surface area contributed by atoms with Gasteiger partial charge in [-0.05, 0) is 53.6 Å². The smallest absolute Gasteiger partial charge is 0.242 e. The molecule has 22 heavy (non-hydrogen) atoms. The van der Waals surface area contributed by atoms with Crippen molar-refractivity contribution >= 4 is 45.2 Å². The Hall–Kier alpha value is -1.44. The second-order valence-electron chi connectivity index (χ2n) is 5.51. The zero-order valence-corrected chi connectivity index (χ0v) is 14.8. The number of halogens is 1. The molecule has 0 spiro atoms. The Morgan fingerprint density at radius 3 is 2.95 bits per heavy atom. The van der Waals surface area contributed by atoms with Gasteiger partial charge in [0.05, 0.1) is 12.1 Å². The number of aromatic nitrogens is 2. The predicted molar refractivity (Wildman–Crippen MR) is 96.0 cm³/mol. The van der Waals surface area contributed by atoms with Crippen LogP contribution < -0.4 is 4.90 Å². The van der Waals surface area contributed by atoms with Crippen molar-refractivity contribution in [2.45, 2.75) is 19.8 Å². The molecule has 116 valence electrons. The number of nitrogens with zero attached hydrogens (tertiary/aromatic N) is 4. The van der Waals surface area contributed by atoms with Crippen molar-refractivity contribution in [3.8, 4) is 0 Å². The minimum Gasteiger partial charge on any atom is -0.347 e. The summed E-state index contributed by atoms with van der Waals surface area (Å²) in [5.74, 6) is 1.06. The second-order valence-corrected chi connectivity index (χ2v) is 6.76. The van der Waals surface area contributed by atoms with Crippen molar-refractivity contribution in [1.29, 1.82) is 0 Å². The molecule has 1 aliphatic rings. The molecule has 1 saturated heterocycles. The van der Waals surface area contributed by atoms with Crippen LogP contribution in [0, 0.1) is 3.57 Å². The van der Waals surface area contributed by atoms with E-state index in [1.54, 1.807) is 6.33 Å². The Labute approximate surface area is 143 Å². The molecule has 0 aliphatic carbocycles. The highest BCUT2D eigenvalue weighted by atomic mass is 127. The van der Waals surface area contributed by atoms with Crippen LogP contribution in [-0.4, -0.2) is 47.0 Å². The summed E-state index contributed by atoms with van der Waals surface area (Å²) in [7, 11) is 0. The molecular formula is C16H19IN4O. The topological polar surface area (TPSA) is 49.3 Å². The highest BCUT2D eigenvalue weighted by Crippen LogP contribution is 2.25. The van der Waals surface area contributed by atoms with Crippen LogP contribution in [0.25, 0.3) is 10.9 Å². The number of fused-ring (bicyclic) bond motifs is 1. The standard InChI is InChI=1S/C16H19IN4O/c1-2-6-20-7-3-8-21(10-15(20)22)16-13-9-12(17)4-5-14(13)18-11-19-16/h4-5,9,11H,2-3,6-8,10H2,1H3. The Bertz CT molecular complexity index is 691. The van der Waals surface area contributed by atoms with E-state index in [1.807, 2.05) is 17.0 Å². The molecule has 5 nitrogen and oxygen atoms in total. The third kappa shape index (κ3) is 3.16. The SMILES string of the molecule is CCCN1CCCN(c2ncnc3ccc(I)cc23)CC1=O. The zero-order chi connectivity index (χ0) is 15.5. The molecule has 1 amide bonds. The van der Waals surface area contributed by atoms with Crippen molar-refractivity contribution in [2.24, 2.45) is 0 Å². The summed E-state index contributed by atoms with van der Waals surface area (Å²) in [6.07, 6.45) is 3.56. The average Bonchev–Trinajstić information content (AvgIpc) is 2.69. The van der Waals surface area contributed by atoms with Crippen molar-refractivity contribution in [3.63, 3.8) is 0 Å². The number of carbonyl (C=O) groups is 1. The lowest BCUT2D eigenvalue weighted by Gasteiger charge is -2.23. The van der Waals surface area contributed by atoms with E-state index >= 15 is 0 Å². The first kappa shape index (κ1) is 15.5. The minimum atomic E-state index is 0.191. The first-order chi connectivity index (χ1) is 10.7. The maximum Gasteiger partial charge on any atom is 0.242 e. The van der Waals surface area contributed by atoms with Gasteiger partial charge >= 0.3 is 0 Å². The molecule has 0 atom stereocenters. The summed E-state index contributed by atoms with van der Waals surface area (Å²) in [5.41, 5.74) is 0.924. The number of carbonyl (C=O) groups excluding carboxylic acids is 1. The van der Waals surface area contributed by atoms with E-state index in [0.29, 0.717) is 6.54 Å². The molecule has 0 bridgehead atoms. The van der Waals surface area contributed by atoms with E-state index in [9.17, 15) is 4.79 Å². The van der Waals surface area contributed by atoms with Gasteiger partial charge in [-0.15, -0.1) is 0 Å². The summed E-state index contributed by atoms with van der Waals surface area (Å²) in [5, 5.41) is 1.02. The highest BCUT2D eigenvalue weighted by molar-refractivity contribution is 14.1. The fraction of sp³-hybridized carbons (Fsp3) is 0.438.